The number of rotatable bonds is 6. The number of amides is 1. The predicted octanol–water partition coefficient (Wildman–Crippen LogP) is 3.40. The van der Waals surface area contributed by atoms with Crippen LogP contribution < -0.4 is 4.74 Å². The third-order valence-corrected chi connectivity index (χ3v) is 5.94. The van der Waals surface area contributed by atoms with E-state index < -0.39 is 0 Å². The monoisotopic (exact) mass is 412 g/mol. The van der Waals surface area contributed by atoms with Gasteiger partial charge < -0.3 is 14.4 Å². The highest BCUT2D eigenvalue weighted by atomic mass is 19.1. The summed E-state index contributed by atoms with van der Waals surface area (Å²) in [6.45, 7) is 6.02. The van der Waals surface area contributed by atoms with Gasteiger partial charge in [-0.3, -0.25) is 9.69 Å². The molecule has 160 valence electrons. The van der Waals surface area contributed by atoms with Gasteiger partial charge in [0.25, 0.3) is 0 Å². The summed E-state index contributed by atoms with van der Waals surface area (Å²) in [4.78, 5) is 16.9. The Morgan fingerprint density at radius 2 is 1.77 bits per heavy atom. The van der Waals surface area contributed by atoms with E-state index >= 15 is 0 Å². The van der Waals surface area contributed by atoms with Crippen LogP contribution in [0, 0.1) is 12.7 Å². The number of likely N-dealkylation sites (tertiary alicyclic amines) is 1. The van der Waals surface area contributed by atoms with Crippen LogP contribution >= 0.6 is 0 Å². The van der Waals surface area contributed by atoms with Gasteiger partial charge in [0.05, 0.1) is 6.54 Å². The lowest BCUT2D eigenvalue weighted by molar-refractivity contribution is -0.155. The first-order valence-corrected chi connectivity index (χ1v) is 10.6. The molecule has 6 heteroatoms. The molecular formula is C24H29FN2O3. The Morgan fingerprint density at radius 1 is 1.07 bits per heavy atom. The van der Waals surface area contributed by atoms with E-state index in [1.54, 1.807) is 12.1 Å². The number of hydrogen-bond donors (Lipinski definition) is 0. The quantitative estimate of drug-likeness (QED) is 0.729. The van der Waals surface area contributed by atoms with Crippen LogP contribution in [-0.2, 0) is 16.1 Å². The van der Waals surface area contributed by atoms with Crippen molar-refractivity contribution >= 4 is 5.91 Å². The van der Waals surface area contributed by atoms with Crippen LogP contribution in [-0.4, -0.2) is 60.7 Å². The van der Waals surface area contributed by atoms with Crippen LogP contribution in [0.2, 0.25) is 0 Å². The van der Waals surface area contributed by atoms with E-state index in [2.05, 4.69) is 36.1 Å². The van der Waals surface area contributed by atoms with E-state index in [0.29, 0.717) is 18.9 Å². The van der Waals surface area contributed by atoms with Crippen molar-refractivity contribution in [3.05, 3.63) is 65.5 Å². The lowest BCUT2D eigenvalue weighted by Gasteiger charge is -2.42. The molecule has 2 fully saturated rings. The first-order chi connectivity index (χ1) is 14.6. The van der Waals surface area contributed by atoms with Gasteiger partial charge in [0, 0.05) is 25.7 Å². The number of carbonyl (C=O) groups is 1. The molecule has 2 aromatic carbocycles. The molecular weight excluding hydrogens is 383 g/mol. The molecule has 0 spiro atoms. The van der Waals surface area contributed by atoms with E-state index in [9.17, 15) is 9.18 Å². The number of morpholine rings is 1. The molecule has 2 saturated heterocycles. The molecule has 5 nitrogen and oxygen atoms in total. The molecule has 0 saturated carbocycles. The number of hydrogen-bond acceptors (Lipinski definition) is 4. The second-order valence-corrected chi connectivity index (χ2v) is 8.24. The highest BCUT2D eigenvalue weighted by Gasteiger charge is 2.33. The Kier molecular flexibility index (Phi) is 6.65. The molecule has 2 heterocycles. The number of halogens is 1. The number of ether oxygens (including phenoxy) is 2. The average molecular weight is 413 g/mol. The van der Waals surface area contributed by atoms with E-state index in [0.717, 1.165) is 32.5 Å². The number of piperidine rings is 1. The average Bonchev–Trinajstić information content (AvgIpc) is 2.76. The SMILES string of the molecule is Cc1ccc(CN2CCC(N3C[C@@H](COc4ccc(F)cc4)OCC3=O)CC2)cc1. The number of benzene rings is 2. The lowest BCUT2D eigenvalue weighted by atomic mass is 10.0. The number of nitrogens with zero attached hydrogens (tertiary/aromatic N) is 2. The van der Waals surface area contributed by atoms with Gasteiger partial charge in [-0.15, -0.1) is 0 Å². The maximum atomic E-state index is 13.0. The van der Waals surface area contributed by atoms with Gasteiger partial charge in [-0.2, -0.15) is 0 Å². The molecule has 2 aliphatic heterocycles. The molecule has 2 aliphatic rings. The van der Waals surface area contributed by atoms with Crippen molar-refractivity contribution in [2.45, 2.75) is 38.5 Å². The lowest BCUT2D eigenvalue weighted by Crippen LogP contribution is -2.55. The van der Waals surface area contributed by atoms with Gasteiger partial charge >= 0.3 is 0 Å². The fourth-order valence-corrected chi connectivity index (χ4v) is 4.16. The van der Waals surface area contributed by atoms with Gasteiger partial charge in [-0.05, 0) is 49.6 Å². The zero-order chi connectivity index (χ0) is 20.9. The summed E-state index contributed by atoms with van der Waals surface area (Å²) < 4.78 is 24.4. The molecule has 1 amide bonds. The van der Waals surface area contributed by atoms with Crippen LogP contribution in [0.5, 0.6) is 5.75 Å². The van der Waals surface area contributed by atoms with Crippen LogP contribution in [0.3, 0.4) is 0 Å². The number of carbonyl (C=O) groups excluding carboxylic acids is 1. The van der Waals surface area contributed by atoms with Crippen molar-refractivity contribution in [3.63, 3.8) is 0 Å². The Morgan fingerprint density at radius 3 is 2.47 bits per heavy atom. The molecule has 0 unspecified atom stereocenters. The maximum absolute atomic E-state index is 13.0. The van der Waals surface area contributed by atoms with Crippen molar-refractivity contribution in [1.82, 2.24) is 9.80 Å². The number of aryl methyl sites for hydroxylation is 1. The van der Waals surface area contributed by atoms with Crippen molar-refractivity contribution in [1.29, 1.82) is 0 Å². The third-order valence-electron chi connectivity index (χ3n) is 5.94. The third kappa shape index (κ3) is 5.37. The first-order valence-electron chi connectivity index (χ1n) is 10.6. The summed E-state index contributed by atoms with van der Waals surface area (Å²) in [6.07, 6.45) is 1.78. The topological polar surface area (TPSA) is 42.0 Å². The van der Waals surface area contributed by atoms with Gasteiger partial charge in [-0.1, -0.05) is 29.8 Å². The predicted molar refractivity (Wildman–Crippen MR) is 113 cm³/mol. The molecule has 0 aliphatic carbocycles. The van der Waals surface area contributed by atoms with Crippen LogP contribution in [0.1, 0.15) is 24.0 Å². The summed E-state index contributed by atoms with van der Waals surface area (Å²) in [5.74, 6) is 0.375. The maximum Gasteiger partial charge on any atom is 0.248 e. The Hall–Kier alpha value is -2.44. The fourth-order valence-electron chi connectivity index (χ4n) is 4.16. The highest BCUT2D eigenvalue weighted by molar-refractivity contribution is 5.78. The normalized spacial score (nSPS) is 21.1. The summed E-state index contributed by atoms with van der Waals surface area (Å²) in [7, 11) is 0. The van der Waals surface area contributed by atoms with Gasteiger partial charge in [-0.25, -0.2) is 4.39 Å². The minimum absolute atomic E-state index is 0.0602. The van der Waals surface area contributed by atoms with E-state index in [1.807, 2.05) is 4.90 Å². The van der Waals surface area contributed by atoms with Gasteiger partial charge in [0.1, 0.15) is 30.9 Å². The zero-order valence-electron chi connectivity index (χ0n) is 17.4. The van der Waals surface area contributed by atoms with Crippen LogP contribution in [0.25, 0.3) is 0 Å². The van der Waals surface area contributed by atoms with E-state index in [-0.39, 0.29) is 30.5 Å². The van der Waals surface area contributed by atoms with Crippen LogP contribution in [0.4, 0.5) is 4.39 Å². The molecule has 0 aromatic heterocycles. The van der Waals surface area contributed by atoms with E-state index in [1.165, 1.54) is 23.3 Å². The summed E-state index contributed by atoms with van der Waals surface area (Å²) in [5.41, 5.74) is 2.61. The van der Waals surface area contributed by atoms with Crippen molar-refractivity contribution in [2.75, 3.05) is 32.8 Å². The van der Waals surface area contributed by atoms with Crippen molar-refractivity contribution in [3.8, 4) is 5.75 Å². The molecule has 0 bridgehead atoms. The Labute approximate surface area is 177 Å². The standard InChI is InChI=1S/C24H29FN2O3/c1-18-2-4-19(5-3-18)14-26-12-10-21(11-13-26)27-15-23(30-17-24(27)28)16-29-22-8-6-20(25)7-9-22/h2-9,21,23H,10-17H2,1H3/t23-/m0/s1. The summed E-state index contributed by atoms with van der Waals surface area (Å²) >= 11 is 0. The van der Waals surface area contributed by atoms with Gasteiger partial charge in [0.15, 0.2) is 0 Å². The molecule has 4 rings (SSSR count). The zero-order valence-corrected chi connectivity index (χ0v) is 17.4. The molecule has 2 aromatic rings. The fraction of sp³-hybridized carbons (Fsp3) is 0.458. The second kappa shape index (κ2) is 9.58. The smallest absolute Gasteiger partial charge is 0.248 e. The molecule has 1 atom stereocenters. The summed E-state index contributed by atoms with van der Waals surface area (Å²) in [6, 6.07) is 14.9. The van der Waals surface area contributed by atoms with Crippen molar-refractivity contribution < 1.29 is 18.7 Å². The highest BCUT2D eigenvalue weighted by Crippen LogP contribution is 2.22. The minimum atomic E-state index is -0.290. The Bertz CT molecular complexity index is 833. The Balaban J connectivity index is 1.26. The molecule has 30 heavy (non-hydrogen) atoms. The first kappa shape index (κ1) is 20.8. The second-order valence-electron chi connectivity index (χ2n) is 8.24. The van der Waals surface area contributed by atoms with Gasteiger partial charge in [0.2, 0.25) is 5.91 Å². The summed E-state index contributed by atoms with van der Waals surface area (Å²) in [5, 5.41) is 0. The van der Waals surface area contributed by atoms with Crippen LogP contribution in [0.15, 0.2) is 48.5 Å². The molecule has 0 radical (unpaired) electrons. The van der Waals surface area contributed by atoms with E-state index in [4.69, 9.17) is 9.47 Å². The van der Waals surface area contributed by atoms with Crippen molar-refractivity contribution in [2.24, 2.45) is 0 Å². The minimum Gasteiger partial charge on any atom is -0.491 e. The largest absolute Gasteiger partial charge is 0.491 e. The molecule has 0 N–H and O–H groups in total.